The van der Waals surface area contributed by atoms with Crippen molar-refractivity contribution >= 4 is 39.6 Å². The molecule has 4 heteroatoms. The smallest absolute Gasteiger partial charge is 0.191 e. The zero-order valence-corrected chi connectivity index (χ0v) is 12.0. The lowest BCUT2D eigenvalue weighted by Crippen LogP contribution is -1.95. The minimum absolute atomic E-state index is 0.683. The quantitative estimate of drug-likeness (QED) is 0.611. The predicted molar refractivity (Wildman–Crippen MR) is 78.1 cm³/mol. The maximum absolute atomic E-state index is 6.26. The normalized spacial score (nSPS) is 13.8. The van der Waals surface area contributed by atoms with Crippen molar-refractivity contribution in [3.63, 3.8) is 0 Å². The fourth-order valence-corrected chi connectivity index (χ4v) is 3.28. The molecular formula is C14H10Cl2OS. The molecule has 1 aliphatic rings. The molecule has 0 aliphatic carbocycles. The van der Waals surface area contributed by atoms with E-state index in [4.69, 9.17) is 27.9 Å². The Bertz CT molecular complexity index is 643. The number of hydrogen-bond acceptors (Lipinski definition) is 2. The van der Waals surface area contributed by atoms with Gasteiger partial charge in [0, 0.05) is 10.6 Å². The number of thiophene rings is 1. The van der Waals surface area contributed by atoms with Gasteiger partial charge in [-0.2, -0.15) is 0 Å². The molecule has 1 aromatic heterocycles. The van der Waals surface area contributed by atoms with Crippen molar-refractivity contribution in [3.05, 3.63) is 51.4 Å². The van der Waals surface area contributed by atoms with Crippen molar-refractivity contribution < 1.29 is 4.74 Å². The van der Waals surface area contributed by atoms with E-state index in [-0.39, 0.29) is 0 Å². The van der Waals surface area contributed by atoms with Gasteiger partial charge in [0.05, 0.1) is 4.34 Å². The van der Waals surface area contributed by atoms with E-state index in [2.05, 4.69) is 12.1 Å². The lowest BCUT2D eigenvalue weighted by atomic mass is 10.1. The number of rotatable bonds is 0. The molecule has 0 unspecified atom stereocenters. The number of benzene rings is 1. The maximum atomic E-state index is 6.26. The van der Waals surface area contributed by atoms with Gasteiger partial charge in [-0.1, -0.05) is 52.7 Å². The van der Waals surface area contributed by atoms with Crippen LogP contribution in [0.3, 0.4) is 0 Å². The van der Waals surface area contributed by atoms with E-state index in [0.29, 0.717) is 9.37 Å². The topological polar surface area (TPSA) is 9.23 Å². The Morgan fingerprint density at radius 1 is 1.22 bits per heavy atom. The Balaban J connectivity index is 2.16. The highest BCUT2D eigenvalue weighted by molar-refractivity contribution is 7.18. The second-order valence-electron chi connectivity index (χ2n) is 4.22. The van der Waals surface area contributed by atoms with Crippen LogP contribution in [0.1, 0.15) is 16.7 Å². The first-order chi connectivity index (χ1) is 8.63. The molecule has 1 aliphatic heterocycles. The Morgan fingerprint density at radius 3 is 2.89 bits per heavy atom. The zero-order valence-electron chi connectivity index (χ0n) is 9.67. The van der Waals surface area contributed by atoms with Gasteiger partial charge < -0.3 is 4.74 Å². The lowest BCUT2D eigenvalue weighted by Gasteiger charge is -2.14. The van der Waals surface area contributed by atoms with Crippen molar-refractivity contribution in [1.29, 1.82) is 0 Å². The maximum Gasteiger partial charge on any atom is 0.191 e. The van der Waals surface area contributed by atoms with E-state index < -0.39 is 0 Å². The standard InChI is InChI=1S/C14H10Cl2OS/c1-8-2-3-9-4-5-11(15)10-7-13(16)18-14(10)17-12(9)6-8/h2-3,5-7H,4H2,1H3. The first-order valence-electron chi connectivity index (χ1n) is 5.56. The van der Waals surface area contributed by atoms with Crippen molar-refractivity contribution in [1.82, 2.24) is 0 Å². The molecule has 0 amide bonds. The molecule has 1 aromatic carbocycles. The van der Waals surface area contributed by atoms with Gasteiger partial charge in [0.15, 0.2) is 5.06 Å². The van der Waals surface area contributed by atoms with Gasteiger partial charge in [0.25, 0.3) is 0 Å². The fraction of sp³-hybridized carbons (Fsp3) is 0.143. The van der Waals surface area contributed by atoms with Gasteiger partial charge in [-0.3, -0.25) is 0 Å². The molecule has 92 valence electrons. The molecule has 0 spiro atoms. The first kappa shape index (κ1) is 12.1. The van der Waals surface area contributed by atoms with Crippen molar-refractivity contribution in [3.8, 4) is 10.8 Å². The van der Waals surface area contributed by atoms with E-state index in [1.807, 2.05) is 25.1 Å². The largest absolute Gasteiger partial charge is 0.446 e. The minimum Gasteiger partial charge on any atom is -0.446 e. The van der Waals surface area contributed by atoms with E-state index in [1.54, 1.807) is 0 Å². The third kappa shape index (κ3) is 2.16. The lowest BCUT2D eigenvalue weighted by molar-refractivity contribution is 0.489. The predicted octanol–water partition coefficient (Wildman–Crippen LogP) is 5.64. The molecular weight excluding hydrogens is 287 g/mol. The Labute approximate surface area is 120 Å². The molecule has 2 aromatic rings. The highest BCUT2D eigenvalue weighted by atomic mass is 35.5. The van der Waals surface area contributed by atoms with Gasteiger partial charge in [-0.05, 0) is 36.6 Å². The van der Waals surface area contributed by atoms with Crippen LogP contribution in [0.15, 0.2) is 30.3 Å². The van der Waals surface area contributed by atoms with Crippen molar-refractivity contribution in [2.75, 3.05) is 0 Å². The van der Waals surface area contributed by atoms with Crippen LogP contribution in [-0.2, 0) is 6.42 Å². The zero-order chi connectivity index (χ0) is 12.7. The van der Waals surface area contributed by atoms with Crippen LogP contribution >= 0.6 is 34.5 Å². The number of hydrogen-bond donors (Lipinski definition) is 0. The fourth-order valence-electron chi connectivity index (χ4n) is 1.92. The third-order valence-electron chi connectivity index (χ3n) is 2.85. The number of allylic oxidation sites excluding steroid dienone is 1. The molecule has 0 radical (unpaired) electrons. The summed E-state index contributed by atoms with van der Waals surface area (Å²) in [5, 5.41) is 1.45. The second kappa shape index (κ2) is 4.61. The number of fused-ring (bicyclic) bond motifs is 2. The number of ether oxygens (including phenoxy) is 1. The molecule has 18 heavy (non-hydrogen) atoms. The van der Waals surface area contributed by atoms with Gasteiger partial charge in [0.1, 0.15) is 5.75 Å². The highest BCUT2D eigenvalue weighted by Crippen LogP contribution is 2.44. The van der Waals surface area contributed by atoms with Crippen LogP contribution in [-0.4, -0.2) is 0 Å². The average Bonchev–Trinajstić information content (AvgIpc) is 2.67. The molecule has 2 heterocycles. The molecule has 1 nitrogen and oxygen atoms in total. The molecule has 0 bridgehead atoms. The van der Waals surface area contributed by atoms with Gasteiger partial charge in [-0.25, -0.2) is 0 Å². The summed E-state index contributed by atoms with van der Waals surface area (Å²) in [6, 6.07) is 8.04. The molecule has 0 saturated carbocycles. The summed E-state index contributed by atoms with van der Waals surface area (Å²) in [5.41, 5.74) is 3.18. The average molecular weight is 297 g/mol. The first-order valence-corrected chi connectivity index (χ1v) is 7.13. The van der Waals surface area contributed by atoms with Gasteiger partial charge in [0.2, 0.25) is 0 Å². The summed E-state index contributed by atoms with van der Waals surface area (Å²) >= 11 is 13.7. The summed E-state index contributed by atoms with van der Waals surface area (Å²) in [6.45, 7) is 2.05. The highest BCUT2D eigenvalue weighted by Gasteiger charge is 2.17. The van der Waals surface area contributed by atoms with Crippen molar-refractivity contribution in [2.45, 2.75) is 13.3 Å². The summed E-state index contributed by atoms with van der Waals surface area (Å²) < 4.78 is 6.65. The van der Waals surface area contributed by atoms with Crippen LogP contribution < -0.4 is 4.74 Å². The van der Waals surface area contributed by atoms with Crippen LogP contribution in [0.4, 0.5) is 0 Å². The summed E-state index contributed by atoms with van der Waals surface area (Å²) in [6.07, 6.45) is 2.77. The van der Waals surface area contributed by atoms with Gasteiger partial charge >= 0.3 is 0 Å². The number of aryl methyl sites for hydroxylation is 1. The molecule has 0 saturated heterocycles. The molecule has 0 fully saturated rings. The monoisotopic (exact) mass is 296 g/mol. The van der Waals surface area contributed by atoms with E-state index >= 15 is 0 Å². The van der Waals surface area contributed by atoms with Gasteiger partial charge in [-0.15, -0.1) is 0 Å². The van der Waals surface area contributed by atoms with E-state index in [9.17, 15) is 0 Å². The van der Waals surface area contributed by atoms with E-state index in [0.717, 1.165) is 28.4 Å². The van der Waals surface area contributed by atoms with Crippen LogP contribution in [0.25, 0.3) is 5.03 Å². The summed E-state index contributed by atoms with van der Waals surface area (Å²) in [4.78, 5) is 0. The molecule has 3 rings (SSSR count). The molecule has 0 N–H and O–H groups in total. The van der Waals surface area contributed by atoms with Crippen LogP contribution in [0.2, 0.25) is 4.34 Å². The van der Waals surface area contributed by atoms with Crippen molar-refractivity contribution in [2.24, 2.45) is 0 Å². The Kier molecular flexibility index (Phi) is 3.10. The third-order valence-corrected chi connectivity index (χ3v) is 4.35. The Morgan fingerprint density at radius 2 is 2.06 bits per heavy atom. The molecule has 0 atom stereocenters. The van der Waals surface area contributed by atoms with Crippen LogP contribution in [0, 0.1) is 6.92 Å². The summed E-state index contributed by atoms with van der Waals surface area (Å²) in [5.74, 6) is 0.884. The summed E-state index contributed by atoms with van der Waals surface area (Å²) in [7, 11) is 0. The Hall–Kier alpha value is -0.960. The van der Waals surface area contributed by atoms with Crippen LogP contribution in [0.5, 0.6) is 10.8 Å². The second-order valence-corrected chi connectivity index (χ2v) is 6.27. The number of halogens is 2. The minimum atomic E-state index is 0.683. The van der Waals surface area contributed by atoms with E-state index in [1.165, 1.54) is 16.9 Å². The SMILES string of the molecule is Cc1ccc2c(c1)Oc1sc(Cl)cc1C(Cl)=CC2.